The van der Waals surface area contributed by atoms with Gasteiger partial charge in [0, 0.05) is 24.5 Å². The van der Waals surface area contributed by atoms with Crippen LogP contribution < -0.4 is 0 Å². The maximum absolute atomic E-state index is 13.4. The van der Waals surface area contributed by atoms with E-state index < -0.39 is 15.8 Å². The Morgan fingerprint density at radius 2 is 1.86 bits per heavy atom. The third-order valence-electron chi connectivity index (χ3n) is 4.24. The number of halogens is 1. The van der Waals surface area contributed by atoms with Crippen LogP contribution in [0.1, 0.15) is 5.56 Å². The molecule has 0 N–H and O–H groups in total. The number of hydrogen-bond donors (Lipinski definition) is 0. The molecule has 29 heavy (non-hydrogen) atoms. The van der Waals surface area contributed by atoms with Gasteiger partial charge in [-0.3, -0.25) is 0 Å². The summed E-state index contributed by atoms with van der Waals surface area (Å²) in [6, 6.07) is 16.7. The zero-order valence-corrected chi connectivity index (χ0v) is 17.0. The van der Waals surface area contributed by atoms with Crippen molar-refractivity contribution in [3.05, 3.63) is 77.4 Å². The van der Waals surface area contributed by atoms with Crippen molar-refractivity contribution in [1.82, 2.24) is 14.4 Å². The van der Waals surface area contributed by atoms with E-state index in [2.05, 4.69) is 10.1 Å². The second-order valence-electron chi connectivity index (χ2n) is 6.33. The first-order valence-corrected chi connectivity index (χ1v) is 10.9. The molecule has 0 aliphatic heterocycles. The van der Waals surface area contributed by atoms with E-state index in [1.807, 2.05) is 30.3 Å². The molecule has 9 heteroatoms. The van der Waals surface area contributed by atoms with Gasteiger partial charge in [-0.1, -0.05) is 47.6 Å². The molecule has 0 atom stereocenters. The van der Waals surface area contributed by atoms with Crippen LogP contribution in [-0.2, 0) is 16.6 Å². The highest BCUT2D eigenvalue weighted by Crippen LogP contribution is 2.30. The Bertz CT molecular complexity index is 1240. The molecule has 0 saturated carbocycles. The Hall–Kier alpha value is -2.88. The Morgan fingerprint density at radius 1 is 1.07 bits per heavy atom. The van der Waals surface area contributed by atoms with Gasteiger partial charge in [-0.2, -0.15) is 9.29 Å². The van der Waals surface area contributed by atoms with Gasteiger partial charge in [0.2, 0.25) is 5.82 Å². The molecule has 0 bridgehead atoms. The minimum atomic E-state index is -3.66. The molecule has 0 amide bonds. The third-order valence-corrected chi connectivity index (χ3v) is 7.46. The van der Waals surface area contributed by atoms with E-state index in [-0.39, 0.29) is 22.5 Å². The van der Waals surface area contributed by atoms with Crippen molar-refractivity contribution in [3.8, 4) is 22.8 Å². The second-order valence-corrected chi connectivity index (χ2v) is 9.52. The van der Waals surface area contributed by atoms with Crippen molar-refractivity contribution in [1.29, 1.82) is 0 Å². The average molecular weight is 429 g/mol. The van der Waals surface area contributed by atoms with Gasteiger partial charge >= 0.3 is 0 Å². The van der Waals surface area contributed by atoms with Crippen LogP contribution in [0.5, 0.6) is 0 Å². The Morgan fingerprint density at radius 3 is 2.62 bits per heavy atom. The fourth-order valence-corrected chi connectivity index (χ4v) is 5.25. The summed E-state index contributed by atoms with van der Waals surface area (Å²) in [5.41, 5.74) is 1.87. The molecule has 0 aliphatic rings. The highest BCUT2D eigenvalue weighted by molar-refractivity contribution is 7.91. The van der Waals surface area contributed by atoms with Gasteiger partial charge in [0.15, 0.2) is 0 Å². The lowest BCUT2D eigenvalue weighted by atomic mass is 10.2. The van der Waals surface area contributed by atoms with Gasteiger partial charge in [0.1, 0.15) is 10.0 Å². The number of benzene rings is 2. The second kappa shape index (κ2) is 7.86. The monoisotopic (exact) mass is 429 g/mol. The number of aromatic nitrogens is 2. The first kappa shape index (κ1) is 19.4. The molecule has 0 saturated heterocycles. The average Bonchev–Trinajstić information content (AvgIpc) is 3.39. The van der Waals surface area contributed by atoms with Crippen LogP contribution in [0.3, 0.4) is 0 Å². The van der Waals surface area contributed by atoms with Crippen molar-refractivity contribution in [2.75, 3.05) is 7.05 Å². The molecule has 2 aromatic heterocycles. The van der Waals surface area contributed by atoms with Crippen LogP contribution in [0.15, 0.2) is 74.8 Å². The predicted octanol–water partition coefficient (Wildman–Crippen LogP) is 4.42. The minimum Gasteiger partial charge on any atom is -0.334 e. The normalized spacial score (nSPS) is 11.8. The summed E-state index contributed by atoms with van der Waals surface area (Å²) in [7, 11) is -2.12. The molecule has 0 spiro atoms. The smallest absolute Gasteiger partial charge is 0.259 e. The quantitative estimate of drug-likeness (QED) is 0.453. The van der Waals surface area contributed by atoms with Crippen LogP contribution in [-0.4, -0.2) is 29.9 Å². The van der Waals surface area contributed by atoms with Gasteiger partial charge in [-0.25, -0.2) is 12.8 Å². The number of thiophene rings is 1. The minimum absolute atomic E-state index is 0.174. The summed E-state index contributed by atoms with van der Waals surface area (Å²) in [6.07, 6.45) is 0. The molecule has 4 aromatic rings. The van der Waals surface area contributed by atoms with Gasteiger partial charge in [-0.15, -0.1) is 11.3 Å². The van der Waals surface area contributed by atoms with E-state index in [0.29, 0.717) is 11.1 Å². The first-order chi connectivity index (χ1) is 13.9. The van der Waals surface area contributed by atoms with Crippen molar-refractivity contribution in [2.45, 2.75) is 10.8 Å². The van der Waals surface area contributed by atoms with Crippen molar-refractivity contribution >= 4 is 21.4 Å². The van der Waals surface area contributed by atoms with Crippen LogP contribution >= 0.6 is 11.3 Å². The van der Waals surface area contributed by atoms with Crippen LogP contribution in [0.4, 0.5) is 4.39 Å². The van der Waals surface area contributed by atoms with Gasteiger partial charge in [0.25, 0.3) is 15.9 Å². The van der Waals surface area contributed by atoms with Gasteiger partial charge in [0.05, 0.1) is 5.56 Å². The number of rotatable bonds is 6. The van der Waals surface area contributed by atoms with Crippen molar-refractivity contribution in [3.63, 3.8) is 0 Å². The Kier molecular flexibility index (Phi) is 5.27. The highest BCUT2D eigenvalue weighted by atomic mass is 32.2. The van der Waals surface area contributed by atoms with E-state index in [1.165, 1.54) is 29.6 Å². The van der Waals surface area contributed by atoms with Gasteiger partial charge < -0.3 is 4.52 Å². The third kappa shape index (κ3) is 4.12. The molecular weight excluding hydrogens is 413 g/mol. The fourth-order valence-electron chi connectivity index (χ4n) is 2.73. The van der Waals surface area contributed by atoms with E-state index in [9.17, 15) is 12.8 Å². The van der Waals surface area contributed by atoms with E-state index in [4.69, 9.17) is 4.52 Å². The topological polar surface area (TPSA) is 76.3 Å². The molecule has 2 aromatic carbocycles. The summed E-state index contributed by atoms with van der Waals surface area (Å²) < 4.78 is 45.9. The Labute approximate surface area is 171 Å². The zero-order chi connectivity index (χ0) is 20.4. The lowest BCUT2D eigenvalue weighted by molar-refractivity contribution is 0.432. The van der Waals surface area contributed by atoms with E-state index in [1.54, 1.807) is 17.5 Å². The molecule has 148 valence electrons. The lowest BCUT2D eigenvalue weighted by Crippen LogP contribution is -2.25. The molecular formula is C20H16FN3O3S2. The maximum Gasteiger partial charge on any atom is 0.259 e. The van der Waals surface area contributed by atoms with Crippen molar-refractivity contribution < 1.29 is 17.3 Å². The van der Waals surface area contributed by atoms with Crippen LogP contribution in [0.25, 0.3) is 22.8 Å². The standard InChI is InChI=1S/C20H16FN3O3S2/c1-24(12-14-6-3-2-4-7-14)29(25,26)18-11-16(13-28-18)20-22-19(23-27-20)15-8-5-9-17(21)10-15/h2-11,13H,12H2,1H3. The molecule has 4 rings (SSSR count). The van der Waals surface area contributed by atoms with E-state index in [0.717, 1.165) is 16.9 Å². The predicted molar refractivity (Wildman–Crippen MR) is 108 cm³/mol. The summed E-state index contributed by atoms with van der Waals surface area (Å²) >= 11 is 1.08. The molecule has 0 radical (unpaired) electrons. The molecule has 0 fully saturated rings. The number of nitrogens with zero attached hydrogens (tertiary/aromatic N) is 3. The molecule has 0 aliphatic carbocycles. The Balaban J connectivity index is 1.56. The zero-order valence-electron chi connectivity index (χ0n) is 15.3. The van der Waals surface area contributed by atoms with E-state index >= 15 is 0 Å². The largest absolute Gasteiger partial charge is 0.334 e. The SMILES string of the molecule is CN(Cc1ccccc1)S(=O)(=O)c1cc(-c2nc(-c3cccc(F)c3)no2)cs1. The van der Waals surface area contributed by atoms with Gasteiger partial charge in [-0.05, 0) is 23.8 Å². The summed E-state index contributed by atoms with van der Waals surface area (Å²) in [4.78, 5) is 4.25. The summed E-state index contributed by atoms with van der Waals surface area (Å²) in [5.74, 6) is 0.00296. The van der Waals surface area contributed by atoms with Crippen LogP contribution in [0.2, 0.25) is 0 Å². The first-order valence-electron chi connectivity index (χ1n) is 8.62. The van der Waals surface area contributed by atoms with Crippen molar-refractivity contribution in [2.24, 2.45) is 0 Å². The highest BCUT2D eigenvalue weighted by Gasteiger charge is 2.24. The van der Waals surface area contributed by atoms with Crippen LogP contribution in [0, 0.1) is 5.82 Å². The molecule has 0 unspecified atom stereocenters. The summed E-state index contributed by atoms with van der Waals surface area (Å²) in [5, 5.41) is 5.50. The molecule has 2 heterocycles. The summed E-state index contributed by atoms with van der Waals surface area (Å²) in [6.45, 7) is 0.265. The lowest BCUT2D eigenvalue weighted by Gasteiger charge is -2.15. The fraction of sp³-hybridized carbons (Fsp3) is 0.100. The maximum atomic E-state index is 13.4. The molecule has 6 nitrogen and oxygen atoms in total. The number of hydrogen-bond acceptors (Lipinski definition) is 6. The number of sulfonamides is 1.